The minimum atomic E-state index is 0.442. The molecule has 5 nitrogen and oxygen atoms in total. The van der Waals surface area contributed by atoms with Crippen LogP contribution in [0.4, 0.5) is 5.13 Å². The second kappa shape index (κ2) is 7.01. The van der Waals surface area contributed by atoms with E-state index in [-0.39, 0.29) is 0 Å². The maximum Gasteiger partial charge on any atom is 0.205 e. The van der Waals surface area contributed by atoms with Crippen LogP contribution in [0.15, 0.2) is 0 Å². The molecule has 0 bridgehead atoms. The monoisotopic (exact) mass is 270 g/mol. The number of aromatic nitrogens is 2. The Hall–Kier alpha value is -0.720. The van der Waals surface area contributed by atoms with Crippen molar-refractivity contribution in [3.05, 3.63) is 5.01 Å². The van der Waals surface area contributed by atoms with Crippen molar-refractivity contribution < 1.29 is 4.74 Å². The van der Waals surface area contributed by atoms with Crippen LogP contribution in [0.25, 0.3) is 0 Å². The van der Waals surface area contributed by atoms with Crippen LogP contribution in [-0.2, 0) is 11.3 Å². The maximum atomic E-state index is 5.38. The van der Waals surface area contributed by atoms with Gasteiger partial charge in [0.2, 0.25) is 5.13 Å². The normalized spacial score (nSPS) is 18.1. The number of nitrogens with zero attached hydrogens (tertiary/aromatic N) is 3. The predicted molar refractivity (Wildman–Crippen MR) is 74.0 cm³/mol. The molecule has 6 heteroatoms. The zero-order valence-corrected chi connectivity index (χ0v) is 12.0. The molecular weight excluding hydrogens is 248 g/mol. The summed E-state index contributed by atoms with van der Waals surface area (Å²) in [5, 5.41) is 13.7. The van der Waals surface area contributed by atoms with Crippen LogP contribution in [0, 0.1) is 0 Å². The van der Waals surface area contributed by atoms with Crippen molar-refractivity contribution in [1.82, 2.24) is 15.1 Å². The van der Waals surface area contributed by atoms with E-state index in [2.05, 4.69) is 27.3 Å². The van der Waals surface area contributed by atoms with Gasteiger partial charge in [-0.15, -0.1) is 10.2 Å². The Morgan fingerprint density at radius 3 is 2.83 bits per heavy atom. The Bertz CT molecular complexity index is 350. The van der Waals surface area contributed by atoms with Crippen LogP contribution in [0.2, 0.25) is 0 Å². The molecule has 0 aromatic carbocycles. The first-order valence-electron chi connectivity index (χ1n) is 6.63. The molecule has 1 aliphatic rings. The Labute approximate surface area is 113 Å². The van der Waals surface area contributed by atoms with Gasteiger partial charge in [-0.1, -0.05) is 18.3 Å². The number of rotatable bonds is 6. The highest BCUT2D eigenvalue weighted by Gasteiger charge is 2.19. The van der Waals surface area contributed by atoms with Gasteiger partial charge in [-0.05, 0) is 19.3 Å². The van der Waals surface area contributed by atoms with Gasteiger partial charge in [0, 0.05) is 26.7 Å². The maximum absolute atomic E-state index is 5.38. The Kier molecular flexibility index (Phi) is 5.34. The first-order chi connectivity index (χ1) is 8.81. The number of hydrogen-bond acceptors (Lipinski definition) is 6. The quantitative estimate of drug-likeness (QED) is 0.856. The van der Waals surface area contributed by atoms with Gasteiger partial charge in [-0.25, -0.2) is 0 Å². The first-order valence-corrected chi connectivity index (χ1v) is 7.45. The van der Waals surface area contributed by atoms with Gasteiger partial charge in [0.25, 0.3) is 0 Å². The summed E-state index contributed by atoms with van der Waals surface area (Å²) in [6.07, 6.45) is 3.80. The van der Waals surface area contributed by atoms with Crippen molar-refractivity contribution in [3.63, 3.8) is 0 Å². The van der Waals surface area contributed by atoms with Gasteiger partial charge in [0.1, 0.15) is 5.01 Å². The van der Waals surface area contributed by atoms with Crippen molar-refractivity contribution >= 4 is 16.5 Å². The molecular formula is C12H22N4OS. The van der Waals surface area contributed by atoms with Crippen LogP contribution in [0.3, 0.4) is 0 Å². The average molecular weight is 270 g/mol. The summed E-state index contributed by atoms with van der Waals surface area (Å²) in [5.74, 6) is 0. The molecule has 18 heavy (non-hydrogen) atoms. The largest absolute Gasteiger partial charge is 0.381 e. The Morgan fingerprint density at radius 2 is 2.17 bits per heavy atom. The van der Waals surface area contributed by atoms with Crippen molar-refractivity contribution in [1.29, 1.82) is 0 Å². The Morgan fingerprint density at radius 1 is 1.39 bits per heavy atom. The van der Waals surface area contributed by atoms with E-state index in [4.69, 9.17) is 4.74 Å². The molecule has 1 N–H and O–H groups in total. The van der Waals surface area contributed by atoms with Gasteiger partial charge < -0.3 is 10.1 Å². The summed E-state index contributed by atoms with van der Waals surface area (Å²) in [6.45, 7) is 6.22. The van der Waals surface area contributed by atoms with Crippen LogP contribution in [-0.4, -0.2) is 47.9 Å². The number of anilines is 1. The summed E-state index contributed by atoms with van der Waals surface area (Å²) in [5.41, 5.74) is 0. The molecule has 1 saturated heterocycles. The average Bonchev–Trinajstić information content (AvgIpc) is 2.85. The number of piperidine rings is 1. The molecule has 1 fully saturated rings. The molecule has 2 heterocycles. The van der Waals surface area contributed by atoms with Crippen LogP contribution >= 0.6 is 11.3 Å². The van der Waals surface area contributed by atoms with Gasteiger partial charge in [0.15, 0.2) is 0 Å². The van der Waals surface area contributed by atoms with E-state index in [0.717, 1.165) is 55.6 Å². The van der Waals surface area contributed by atoms with E-state index in [1.165, 1.54) is 0 Å². The minimum Gasteiger partial charge on any atom is -0.381 e. The fourth-order valence-electron chi connectivity index (χ4n) is 2.12. The number of methoxy groups -OCH3 is 1. The fourth-order valence-corrected chi connectivity index (χ4v) is 2.92. The fraction of sp³-hybridized carbons (Fsp3) is 0.833. The molecule has 0 unspecified atom stereocenters. The standard InChI is InChI=1S/C12H22N4OS/c1-3-6-13-12-15-14-11(18-12)9-16-7-4-10(17-2)5-8-16/h10H,3-9H2,1-2H3,(H,13,15). The molecule has 0 aliphatic carbocycles. The van der Waals surface area contributed by atoms with E-state index in [1.807, 2.05) is 0 Å². The van der Waals surface area contributed by atoms with Crippen molar-refractivity contribution in [2.24, 2.45) is 0 Å². The summed E-state index contributed by atoms with van der Waals surface area (Å²) < 4.78 is 5.38. The van der Waals surface area contributed by atoms with Crippen molar-refractivity contribution in [2.75, 3.05) is 32.1 Å². The lowest BCUT2D eigenvalue weighted by molar-refractivity contribution is 0.0388. The number of ether oxygens (including phenoxy) is 1. The molecule has 2 rings (SSSR count). The third-order valence-electron chi connectivity index (χ3n) is 3.22. The number of likely N-dealkylation sites (tertiary alicyclic amines) is 1. The third kappa shape index (κ3) is 3.90. The highest BCUT2D eigenvalue weighted by atomic mass is 32.1. The molecule has 0 saturated carbocycles. The van der Waals surface area contributed by atoms with Gasteiger partial charge in [-0.3, -0.25) is 4.90 Å². The van der Waals surface area contributed by atoms with E-state index in [1.54, 1.807) is 18.4 Å². The van der Waals surface area contributed by atoms with Crippen LogP contribution in [0.5, 0.6) is 0 Å². The molecule has 1 aromatic rings. The summed E-state index contributed by atoms with van der Waals surface area (Å²) in [7, 11) is 1.80. The predicted octanol–water partition coefficient (Wildman–Crippen LogP) is 1.97. The van der Waals surface area contributed by atoms with Gasteiger partial charge in [0.05, 0.1) is 12.6 Å². The smallest absolute Gasteiger partial charge is 0.205 e. The first kappa shape index (κ1) is 13.7. The summed E-state index contributed by atoms with van der Waals surface area (Å²) in [6, 6.07) is 0. The van der Waals surface area contributed by atoms with E-state index < -0.39 is 0 Å². The molecule has 0 amide bonds. The second-order valence-electron chi connectivity index (χ2n) is 4.64. The third-order valence-corrected chi connectivity index (χ3v) is 4.09. The van der Waals surface area contributed by atoms with Gasteiger partial charge >= 0.3 is 0 Å². The molecule has 0 spiro atoms. The van der Waals surface area contributed by atoms with Crippen molar-refractivity contribution in [2.45, 2.75) is 38.8 Å². The summed E-state index contributed by atoms with van der Waals surface area (Å²) in [4.78, 5) is 2.43. The topological polar surface area (TPSA) is 50.3 Å². The molecule has 1 aromatic heterocycles. The highest BCUT2D eigenvalue weighted by molar-refractivity contribution is 7.15. The number of nitrogens with one attached hydrogen (secondary N) is 1. The number of hydrogen-bond donors (Lipinski definition) is 1. The molecule has 1 aliphatic heterocycles. The van der Waals surface area contributed by atoms with Crippen LogP contribution in [0.1, 0.15) is 31.2 Å². The lowest BCUT2D eigenvalue weighted by Gasteiger charge is -2.30. The Balaban J connectivity index is 1.77. The zero-order valence-electron chi connectivity index (χ0n) is 11.2. The zero-order chi connectivity index (χ0) is 12.8. The lowest BCUT2D eigenvalue weighted by atomic mass is 10.1. The van der Waals surface area contributed by atoms with E-state index in [9.17, 15) is 0 Å². The lowest BCUT2D eigenvalue weighted by Crippen LogP contribution is -2.36. The van der Waals surface area contributed by atoms with Gasteiger partial charge in [-0.2, -0.15) is 0 Å². The van der Waals surface area contributed by atoms with E-state index in [0.29, 0.717) is 6.10 Å². The molecule has 102 valence electrons. The summed E-state index contributed by atoms with van der Waals surface area (Å²) >= 11 is 1.67. The SMILES string of the molecule is CCCNc1nnc(CN2CCC(OC)CC2)s1. The minimum absolute atomic E-state index is 0.442. The van der Waals surface area contributed by atoms with Crippen LogP contribution < -0.4 is 5.32 Å². The highest BCUT2D eigenvalue weighted by Crippen LogP contribution is 2.20. The van der Waals surface area contributed by atoms with Crippen molar-refractivity contribution in [3.8, 4) is 0 Å². The second-order valence-corrected chi connectivity index (χ2v) is 5.70. The van der Waals surface area contributed by atoms with E-state index >= 15 is 0 Å². The molecule has 0 radical (unpaired) electrons. The molecule has 0 atom stereocenters.